The number of carbonyl (C=O) groups is 2. The third kappa shape index (κ3) is 9.41. The standard InChI is InChI=1S/C32H44ClN3O4/c1-24(2)36-21-27-20-25(6-12-30(27)39-19-5-3-4-16-34-31(37)22-36)7-13-32(38)35-17-14-26(15-18-35)23-40-29-10-8-28(33)9-11-29/h6,8-12,20,24,26H,3-5,7,13-19,21-23H2,1-2H3,(H,34,37). The minimum absolute atomic E-state index is 0.0671. The summed E-state index contributed by atoms with van der Waals surface area (Å²) in [6.07, 6.45) is 6.03. The number of nitrogens with one attached hydrogen (secondary N) is 1. The van der Waals surface area contributed by atoms with Gasteiger partial charge in [0.2, 0.25) is 11.8 Å². The van der Waals surface area contributed by atoms with Gasteiger partial charge in [-0.05, 0) is 94.2 Å². The molecule has 218 valence electrons. The van der Waals surface area contributed by atoms with Crippen LogP contribution in [-0.2, 0) is 22.6 Å². The van der Waals surface area contributed by atoms with Crippen molar-refractivity contribution in [1.82, 2.24) is 15.1 Å². The second kappa shape index (κ2) is 15.3. The Bertz CT molecular complexity index is 1100. The highest BCUT2D eigenvalue weighted by Crippen LogP contribution is 2.25. The van der Waals surface area contributed by atoms with Crippen LogP contribution in [-0.4, -0.2) is 67.0 Å². The van der Waals surface area contributed by atoms with Crippen molar-refractivity contribution in [2.45, 2.75) is 71.4 Å². The van der Waals surface area contributed by atoms with Gasteiger partial charge in [-0.15, -0.1) is 0 Å². The number of benzene rings is 2. The predicted octanol–water partition coefficient (Wildman–Crippen LogP) is 5.48. The molecule has 2 aliphatic rings. The zero-order chi connectivity index (χ0) is 28.3. The molecule has 0 bridgehead atoms. The molecule has 0 unspecified atom stereocenters. The molecule has 0 aliphatic carbocycles. The first-order valence-electron chi connectivity index (χ1n) is 14.8. The molecule has 2 aromatic carbocycles. The first-order valence-corrected chi connectivity index (χ1v) is 15.2. The Morgan fingerprint density at radius 2 is 1.85 bits per heavy atom. The highest BCUT2D eigenvalue weighted by atomic mass is 35.5. The van der Waals surface area contributed by atoms with E-state index in [0.29, 0.717) is 56.6 Å². The Morgan fingerprint density at radius 1 is 1.07 bits per heavy atom. The first-order chi connectivity index (χ1) is 19.4. The minimum atomic E-state index is 0.0671. The molecule has 0 aromatic heterocycles. The second-order valence-electron chi connectivity index (χ2n) is 11.3. The topological polar surface area (TPSA) is 71.1 Å². The molecule has 40 heavy (non-hydrogen) atoms. The Kier molecular flexibility index (Phi) is 11.5. The van der Waals surface area contributed by atoms with Crippen LogP contribution in [0.3, 0.4) is 0 Å². The number of carbonyl (C=O) groups excluding carboxylic acids is 2. The molecule has 0 spiro atoms. The third-order valence-electron chi connectivity index (χ3n) is 7.87. The zero-order valence-corrected chi connectivity index (χ0v) is 24.8. The molecule has 2 amide bonds. The van der Waals surface area contributed by atoms with E-state index in [1.54, 1.807) is 0 Å². The van der Waals surface area contributed by atoms with E-state index in [1.165, 1.54) is 0 Å². The maximum absolute atomic E-state index is 13.0. The number of ether oxygens (including phenoxy) is 2. The molecule has 4 rings (SSSR count). The molecule has 2 aromatic rings. The number of hydrogen-bond acceptors (Lipinski definition) is 5. The number of nitrogens with zero attached hydrogens (tertiary/aromatic N) is 2. The normalized spacial score (nSPS) is 18.1. The van der Waals surface area contributed by atoms with Crippen molar-refractivity contribution >= 4 is 23.4 Å². The summed E-state index contributed by atoms with van der Waals surface area (Å²) in [5.74, 6) is 2.43. The van der Waals surface area contributed by atoms with Gasteiger partial charge in [-0.25, -0.2) is 0 Å². The Morgan fingerprint density at radius 3 is 2.60 bits per heavy atom. The van der Waals surface area contributed by atoms with Gasteiger partial charge in [-0.2, -0.15) is 0 Å². The number of halogens is 1. The lowest BCUT2D eigenvalue weighted by molar-refractivity contribution is -0.132. The van der Waals surface area contributed by atoms with E-state index in [-0.39, 0.29) is 17.9 Å². The number of likely N-dealkylation sites (tertiary alicyclic amines) is 1. The second-order valence-corrected chi connectivity index (χ2v) is 11.7. The van der Waals surface area contributed by atoms with E-state index >= 15 is 0 Å². The molecular formula is C32H44ClN3O4. The van der Waals surface area contributed by atoms with Crippen LogP contribution >= 0.6 is 11.6 Å². The molecule has 0 radical (unpaired) electrons. The van der Waals surface area contributed by atoms with Gasteiger partial charge in [-0.1, -0.05) is 23.7 Å². The molecule has 8 heteroatoms. The summed E-state index contributed by atoms with van der Waals surface area (Å²) in [6.45, 7) is 8.81. The van der Waals surface area contributed by atoms with E-state index in [2.05, 4.69) is 36.2 Å². The maximum atomic E-state index is 13.0. The summed E-state index contributed by atoms with van der Waals surface area (Å²) in [5, 5.41) is 3.75. The minimum Gasteiger partial charge on any atom is -0.493 e. The number of amides is 2. The molecule has 1 saturated heterocycles. The van der Waals surface area contributed by atoms with Gasteiger partial charge < -0.3 is 19.7 Å². The van der Waals surface area contributed by atoms with Crippen molar-refractivity contribution in [2.75, 3.05) is 39.4 Å². The Balaban J connectivity index is 1.30. The average molecular weight is 570 g/mol. The molecule has 1 fully saturated rings. The molecule has 7 nitrogen and oxygen atoms in total. The smallest absolute Gasteiger partial charge is 0.234 e. The van der Waals surface area contributed by atoms with Gasteiger partial charge in [0, 0.05) is 49.2 Å². The van der Waals surface area contributed by atoms with Crippen LogP contribution in [0.4, 0.5) is 0 Å². The van der Waals surface area contributed by atoms with E-state index in [0.717, 1.165) is 67.8 Å². The van der Waals surface area contributed by atoms with Crippen molar-refractivity contribution in [1.29, 1.82) is 0 Å². The summed E-state index contributed by atoms with van der Waals surface area (Å²) in [7, 11) is 0. The van der Waals surface area contributed by atoms with Crippen LogP contribution in [0.2, 0.25) is 5.02 Å². The van der Waals surface area contributed by atoms with Crippen LogP contribution < -0.4 is 14.8 Å². The van der Waals surface area contributed by atoms with Crippen molar-refractivity contribution in [2.24, 2.45) is 5.92 Å². The van der Waals surface area contributed by atoms with E-state index in [1.807, 2.05) is 35.2 Å². The van der Waals surface area contributed by atoms with Gasteiger partial charge in [-0.3, -0.25) is 14.5 Å². The van der Waals surface area contributed by atoms with Gasteiger partial charge in [0.25, 0.3) is 0 Å². The van der Waals surface area contributed by atoms with Gasteiger partial charge >= 0.3 is 0 Å². The number of piperidine rings is 1. The van der Waals surface area contributed by atoms with Crippen molar-refractivity contribution in [3.63, 3.8) is 0 Å². The van der Waals surface area contributed by atoms with E-state index in [9.17, 15) is 9.59 Å². The summed E-state index contributed by atoms with van der Waals surface area (Å²) < 4.78 is 12.1. The molecule has 2 heterocycles. The zero-order valence-electron chi connectivity index (χ0n) is 24.0. The number of aryl methyl sites for hydroxylation is 1. The van der Waals surface area contributed by atoms with Crippen LogP contribution in [0, 0.1) is 5.92 Å². The molecule has 1 N–H and O–H groups in total. The van der Waals surface area contributed by atoms with E-state index < -0.39 is 0 Å². The van der Waals surface area contributed by atoms with Crippen LogP contribution in [0.15, 0.2) is 42.5 Å². The summed E-state index contributed by atoms with van der Waals surface area (Å²) in [5.41, 5.74) is 2.20. The van der Waals surface area contributed by atoms with Crippen molar-refractivity contribution in [3.05, 3.63) is 58.6 Å². The fraction of sp³-hybridized carbons (Fsp3) is 0.562. The average Bonchev–Trinajstić information content (AvgIpc) is 2.97. The lowest BCUT2D eigenvalue weighted by atomic mass is 9.97. The van der Waals surface area contributed by atoms with Gasteiger partial charge in [0.1, 0.15) is 11.5 Å². The highest BCUT2D eigenvalue weighted by molar-refractivity contribution is 6.30. The molecular weight excluding hydrogens is 526 g/mol. The fourth-order valence-corrected chi connectivity index (χ4v) is 5.38. The largest absolute Gasteiger partial charge is 0.493 e. The lowest BCUT2D eigenvalue weighted by Crippen LogP contribution is -2.40. The van der Waals surface area contributed by atoms with Crippen LogP contribution in [0.5, 0.6) is 11.5 Å². The van der Waals surface area contributed by atoms with Crippen LogP contribution in [0.1, 0.15) is 63.5 Å². The van der Waals surface area contributed by atoms with Gasteiger partial charge in [0.05, 0.1) is 19.8 Å². The maximum Gasteiger partial charge on any atom is 0.234 e. The molecule has 0 atom stereocenters. The number of rotatable bonds is 7. The van der Waals surface area contributed by atoms with Crippen molar-refractivity contribution < 1.29 is 19.1 Å². The van der Waals surface area contributed by atoms with Crippen LogP contribution in [0.25, 0.3) is 0 Å². The Labute approximate surface area is 244 Å². The lowest BCUT2D eigenvalue weighted by Gasteiger charge is -2.32. The first kappa shape index (κ1) is 30.2. The molecule has 0 saturated carbocycles. The predicted molar refractivity (Wildman–Crippen MR) is 159 cm³/mol. The molecule has 2 aliphatic heterocycles. The Hall–Kier alpha value is -2.77. The van der Waals surface area contributed by atoms with Gasteiger partial charge in [0.15, 0.2) is 0 Å². The summed E-state index contributed by atoms with van der Waals surface area (Å²) in [6, 6.07) is 14.0. The summed E-state index contributed by atoms with van der Waals surface area (Å²) >= 11 is 5.95. The third-order valence-corrected chi connectivity index (χ3v) is 8.12. The highest BCUT2D eigenvalue weighted by Gasteiger charge is 2.23. The van der Waals surface area contributed by atoms with E-state index in [4.69, 9.17) is 21.1 Å². The summed E-state index contributed by atoms with van der Waals surface area (Å²) in [4.78, 5) is 29.7. The fourth-order valence-electron chi connectivity index (χ4n) is 5.25. The van der Waals surface area contributed by atoms with Crippen molar-refractivity contribution in [3.8, 4) is 11.5 Å². The number of fused-ring (bicyclic) bond motifs is 1. The number of hydrogen-bond donors (Lipinski definition) is 1. The monoisotopic (exact) mass is 569 g/mol. The SMILES string of the molecule is CC(C)N1CC(=O)NCCCCCOc2ccc(CCC(=O)N3CCC(COc4ccc(Cl)cc4)CC3)cc2C1. The quantitative estimate of drug-likeness (QED) is 0.478.